The van der Waals surface area contributed by atoms with E-state index in [-0.39, 0.29) is 56.3 Å². The molecule has 1 N–H and O–H groups in total. The van der Waals surface area contributed by atoms with Crippen molar-refractivity contribution in [1.82, 2.24) is 5.09 Å². The molecule has 0 bridgehead atoms. The summed E-state index contributed by atoms with van der Waals surface area (Å²) in [4.78, 5) is 38.1. The molecule has 2 aromatic rings. The fraction of sp³-hybridized carbons (Fsp3) is 0.514. The van der Waals surface area contributed by atoms with E-state index < -0.39 is 25.5 Å². The predicted octanol–water partition coefficient (Wildman–Crippen LogP) is 6.96. The van der Waals surface area contributed by atoms with Crippen molar-refractivity contribution in [1.29, 1.82) is 0 Å². The van der Waals surface area contributed by atoms with Crippen molar-refractivity contribution in [3.8, 4) is 11.5 Å². The monoisotopic (exact) mass is 673 g/mol. The van der Waals surface area contributed by atoms with Gasteiger partial charge in [-0.1, -0.05) is 68.2 Å². The molecule has 258 valence electrons. The smallest absolute Gasteiger partial charge is 0.342 e. The Morgan fingerprint density at radius 2 is 1.81 bits per heavy atom. The number of rotatable bonds is 20. The van der Waals surface area contributed by atoms with Gasteiger partial charge in [0.15, 0.2) is 0 Å². The van der Waals surface area contributed by atoms with Crippen LogP contribution in [0, 0.1) is 6.92 Å². The molecule has 0 amide bonds. The molecule has 0 fully saturated rings. The van der Waals surface area contributed by atoms with Crippen molar-refractivity contribution in [2.45, 2.75) is 91.9 Å². The molecule has 1 heterocycles. The third kappa shape index (κ3) is 10.9. The Bertz CT molecular complexity index is 1460. The Balaban J connectivity index is 1.83. The van der Waals surface area contributed by atoms with E-state index in [1.165, 1.54) is 21.1 Å². The minimum atomic E-state index is -3.96. The number of nitrogens with one attached hydrogen (secondary N) is 1. The molecule has 2 atom stereocenters. The average molecular weight is 674 g/mol. The summed E-state index contributed by atoms with van der Waals surface area (Å²) in [6.45, 7) is 7.81. The minimum Gasteiger partial charge on any atom is -0.496 e. The number of benzene rings is 2. The highest BCUT2D eigenvalue weighted by Crippen LogP contribution is 2.51. The molecule has 12 heteroatoms. The molecule has 1 unspecified atom stereocenters. The first kappa shape index (κ1) is 37.8. The van der Waals surface area contributed by atoms with Crippen molar-refractivity contribution in [3.63, 3.8) is 0 Å². The van der Waals surface area contributed by atoms with Gasteiger partial charge in [-0.2, -0.15) is 0 Å². The van der Waals surface area contributed by atoms with Crippen LogP contribution in [-0.2, 0) is 52.7 Å². The molecule has 2 aromatic carbocycles. The van der Waals surface area contributed by atoms with Crippen molar-refractivity contribution in [2.24, 2.45) is 0 Å². The van der Waals surface area contributed by atoms with Gasteiger partial charge in [0.05, 0.1) is 13.7 Å². The maximum Gasteiger partial charge on any atom is 0.342 e. The Kier molecular flexibility index (Phi) is 15.0. The topological polar surface area (TPSA) is 136 Å². The summed E-state index contributed by atoms with van der Waals surface area (Å²) in [6, 6.07) is 8.47. The van der Waals surface area contributed by atoms with Crippen LogP contribution < -0.4 is 14.3 Å². The average Bonchev–Trinajstić information content (AvgIpc) is 3.45. The highest BCUT2D eigenvalue weighted by molar-refractivity contribution is 7.57. The summed E-state index contributed by atoms with van der Waals surface area (Å²) < 4.78 is 47.6. The largest absolute Gasteiger partial charge is 0.496 e. The second-order valence-corrected chi connectivity index (χ2v) is 13.6. The lowest BCUT2D eigenvalue weighted by Crippen LogP contribution is -2.35. The number of carbonyl (C=O) groups is 3. The van der Waals surface area contributed by atoms with E-state index in [2.05, 4.69) is 12.0 Å². The fourth-order valence-electron chi connectivity index (χ4n) is 5.18. The lowest BCUT2D eigenvalue weighted by Gasteiger charge is -2.26. The Morgan fingerprint density at radius 1 is 1.06 bits per heavy atom. The van der Waals surface area contributed by atoms with E-state index in [1.807, 2.05) is 50.3 Å². The van der Waals surface area contributed by atoms with Gasteiger partial charge in [-0.25, -0.2) is 9.88 Å². The van der Waals surface area contributed by atoms with E-state index in [1.54, 1.807) is 0 Å². The lowest BCUT2D eigenvalue weighted by atomic mass is 9.94. The van der Waals surface area contributed by atoms with Crippen LogP contribution in [0.1, 0.15) is 91.9 Å². The summed E-state index contributed by atoms with van der Waals surface area (Å²) in [6.07, 6.45) is 6.16. The highest BCUT2D eigenvalue weighted by atomic mass is 31.2. The number of esters is 3. The zero-order valence-electron chi connectivity index (χ0n) is 28.3. The van der Waals surface area contributed by atoms with Crippen molar-refractivity contribution in [3.05, 3.63) is 69.8 Å². The second-order valence-electron chi connectivity index (χ2n) is 11.6. The molecular weight excluding hydrogens is 625 g/mol. The zero-order chi connectivity index (χ0) is 34.4. The van der Waals surface area contributed by atoms with Gasteiger partial charge in [-0.05, 0) is 51.2 Å². The second kappa shape index (κ2) is 18.6. The van der Waals surface area contributed by atoms with Gasteiger partial charge in [-0.3, -0.25) is 14.2 Å². The summed E-state index contributed by atoms with van der Waals surface area (Å²) in [5.41, 5.74) is 3.68. The standard InChI is InChI=1S/C35H48NO10P/c1-7-8-9-13-20-43-34(38)26(4)36-47(40,23-41-5)46-33-28(32(42-6)25(3)29-22-45-35(39)31(29)33)18-16-24(2)17-19-30(37)44-21-27-14-11-10-12-15-27/h10-12,14-16,26H,7-9,13,17-23H2,1-6H3,(H,36,40)/b24-16+/t26-,47?/m0/s1. The van der Waals surface area contributed by atoms with Gasteiger partial charge in [-0.15, -0.1) is 0 Å². The van der Waals surface area contributed by atoms with Crippen LogP contribution in [-0.4, -0.2) is 51.1 Å². The molecule has 0 saturated carbocycles. The number of unbranched alkanes of at least 4 members (excludes halogenated alkanes) is 3. The quantitative estimate of drug-likeness (QED) is 0.0513. The Labute approximate surface area is 277 Å². The van der Waals surface area contributed by atoms with Gasteiger partial charge in [0.2, 0.25) is 0 Å². The van der Waals surface area contributed by atoms with Crippen LogP contribution in [0.4, 0.5) is 0 Å². The molecule has 1 aliphatic heterocycles. The molecule has 11 nitrogen and oxygen atoms in total. The van der Waals surface area contributed by atoms with Crippen LogP contribution >= 0.6 is 7.52 Å². The number of allylic oxidation sites excluding steroid dienone is 2. The fourth-order valence-corrected chi connectivity index (χ4v) is 6.89. The van der Waals surface area contributed by atoms with E-state index >= 15 is 0 Å². The third-order valence-electron chi connectivity index (χ3n) is 7.77. The third-order valence-corrected chi connectivity index (χ3v) is 9.63. The number of cyclic esters (lactones) is 1. The molecular formula is C35H48NO10P. The molecule has 0 aliphatic carbocycles. The van der Waals surface area contributed by atoms with Gasteiger partial charge >= 0.3 is 25.4 Å². The number of fused-ring (bicyclic) bond motifs is 1. The number of hydrogen-bond donors (Lipinski definition) is 1. The summed E-state index contributed by atoms with van der Waals surface area (Å²) >= 11 is 0. The molecule has 1 aliphatic rings. The SMILES string of the molecule is CCCCCCOC(=O)[C@H](C)NP(=O)(COC)Oc1c(C/C=C(\C)CCC(=O)OCc2ccccc2)c(OC)c(C)c2c1C(=O)OC2. The van der Waals surface area contributed by atoms with Gasteiger partial charge in [0, 0.05) is 24.7 Å². The molecule has 47 heavy (non-hydrogen) atoms. The van der Waals surface area contributed by atoms with Gasteiger partial charge in [0.25, 0.3) is 0 Å². The number of hydrogen-bond acceptors (Lipinski definition) is 10. The Morgan fingerprint density at radius 3 is 2.49 bits per heavy atom. The summed E-state index contributed by atoms with van der Waals surface area (Å²) in [7, 11) is -1.09. The number of ether oxygens (including phenoxy) is 5. The summed E-state index contributed by atoms with van der Waals surface area (Å²) in [5, 5.41) is 2.78. The van der Waals surface area contributed by atoms with Crippen molar-refractivity contribution < 1.29 is 47.2 Å². The molecule has 0 spiro atoms. The van der Waals surface area contributed by atoms with E-state index in [0.29, 0.717) is 28.9 Å². The van der Waals surface area contributed by atoms with E-state index in [9.17, 15) is 18.9 Å². The molecule has 0 aromatic heterocycles. The first-order valence-electron chi connectivity index (χ1n) is 16.0. The maximum atomic E-state index is 14.2. The number of carbonyl (C=O) groups excluding carboxylic acids is 3. The van der Waals surface area contributed by atoms with Crippen molar-refractivity contribution >= 4 is 25.4 Å². The van der Waals surface area contributed by atoms with Gasteiger partial charge < -0.3 is 28.2 Å². The summed E-state index contributed by atoms with van der Waals surface area (Å²) in [5.74, 6) is -1.03. The number of methoxy groups -OCH3 is 2. The van der Waals surface area contributed by atoms with E-state index in [4.69, 9.17) is 28.2 Å². The van der Waals surface area contributed by atoms with Gasteiger partial charge in [0.1, 0.15) is 42.7 Å². The minimum absolute atomic E-state index is 0.00965. The maximum absolute atomic E-state index is 14.2. The molecule has 0 radical (unpaired) electrons. The Hall–Kier alpha value is -3.66. The van der Waals surface area contributed by atoms with Crippen LogP contribution in [0.3, 0.4) is 0 Å². The first-order chi connectivity index (χ1) is 22.5. The highest BCUT2D eigenvalue weighted by Gasteiger charge is 2.38. The first-order valence-corrected chi connectivity index (χ1v) is 17.8. The van der Waals surface area contributed by atoms with Crippen LogP contribution in [0.15, 0.2) is 42.0 Å². The normalized spacial score (nSPS) is 14.5. The van der Waals surface area contributed by atoms with E-state index in [0.717, 1.165) is 36.8 Å². The lowest BCUT2D eigenvalue weighted by molar-refractivity contribution is -0.146. The van der Waals surface area contributed by atoms with Crippen LogP contribution in [0.25, 0.3) is 0 Å². The molecule has 0 saturated heterocycles. The predicted molar refractivity (Wildman–Crippen MR) is 178 cm³/mol. The molecule has 3 rings (SSSR count). The zero-order valence-corrected chi connectivity index (χ0v) is 29.2. The van der Waals surface area contributed by atoms with Crippen LogP contribution in [0.5, 0.6) is 11.5 Å². The van der Waals surface area contributed by atoms with Crippen molar-refractivity contribution in [2.75, 3.05) is 27.2 Å². The van der Waals surface area contributed by atoms with Crippen LogP contribution in [0.2, 0.25) is 0 Å².